The molecule has 0 aliphatic carbocycles. The second kappa shape index (κ2) is 63.2. The fourth-order valence-electron chi connectivity index (χ4n) is 7.92. The molecule has 61 heavy (non-hydrogen) atoms. The minimum Gasteiger partial charge on any atom is -0.550 e. The van der Waals surface area contributed by atoms with Crippen LogP contribution in [0.2, 0.25) is 0 Å². The maximum absolute atomic E-state index is 10.2. The summed E-state index contributed by atoms with van der Waals surface area (Å²) in [5, 5.41) is 30.7. The number of rotatable bonds is 48. The van der Waals surface area contributed by atoms with Gasteiger partial charge in [-0.2, -0.15) is 0 Å². The van der Waals surface area contributed by atoms with Gasteiger partial charge in [0.1, 0.15) is 0 Å². The van der Waals surface area contributed by atoms with Crippen LogP contribution in [0.4, 0.5) is 0 Å². The molecule has 0 unspecified atom stereocenters. The summed E-state index contributed by atoms with van der Waals surface area (Å²) in [7, 11) is 0. The second-order valence-corrected chi connectivity index (χ2v) is 18.2. The fourth-order valence-corrected chi connectivity index (χ4v) is 7.92. The van der Waals surface area contributed by atoms with Crippen molar-refractivity contribution in [3.8, 4) is 0 Å². The molecule has 0 fully saturated rings. The van der Waals surface area contributed by atoms with E-state index in [1.54, 1.807) is 0 Å². The molecule has 0 heterocycles. The molecule has 0 aromatic rings. The van der Waals surface area contributed by atoms with Crippen molar-refractivity contribution in [2.75, 3.05) is 0 Å². The fraction of sp³-hybridized carbons (Fsp3) is 0.944. The SMILES string of the molecule is CCCCCCCCCCCCCCCCCC(=O)[O-].CCCCCCCCCCCCCCCCCC(=O)[O-].CCCCCCCCCCCCCCCCCC(=O)[O-].[Mn+3]. The van der Waals surface area contributed by atoms with Crippen LogP contribution in [0.15, 0.2) is 0 Å². The molecule has 0 amide bonds. The molecule has 0 saturated heterocycles. The van der Waals surface area contributed by atoms with Gasteiger partial charge in [-0.1, -0.05) is 290 Å². The Morgan fingerprint density at radius 1 is 0.213 bits per heavy atom. The molecular weight excluding hydrogens is 800 g/mol. The van der Waals surface area contributed by atoms with Gasteiger partial charge in [-0.05, 0) is 38.5 Å². The van der Waals surface area contributed by atoms with Gasteiger partial charge in [-0.25, -0.2) is 0 Å². The Hall–Kier alpha value is -1.07. The van der Waals surface area contributed by atoms with Gasteiger partial charge in [-0.15, -0.1) is 0 Å². The van der Waals surface area contributed by atoms with Gasteiger partial charge in [0.2, 0.25) is 0 Å². The van der Waals surface area contributed by atoms with Crippen LogP contribution in [-0.4, -0.2) is 17.9 Å². The van der Waals surface area contributed by atoms with Crippen LogP contribution >= 0.6 is 0 Å². The van der Waals surface area contributed by atoms with Crippen molar-refractivity contribution in [1.82, 2.24) is 0 Å². The smallest absolute Gasteiger partial charge is 0.550 e. The molecular formula is C54H105MnO6. The molecule has 0 spiro atoms. The van der Waals surface area contributed by atoms with Gasteiger partial charge in [-0.3, -0.25) is 0 Å². The molecule has 0 saturated carbocycles. The average Bonchev–Trinajstić information content (AvgIpc) is 3.22. The summed E-state index contributed by atoms with van der Waals surface area (Å²) in [4.78, 5) is 30.7. The Morgan fingerprint density at radius 2 is 0.311 bits per heavy atom. The number of hydrogen-bond donors (Lipinski definition) is 0. The van der Waals surface area contributed by atoms with Crippen molar-refractivity contribution in [2.24, 2.45) is 0 Å². The summed E-state index contributed by atoms with van der Waals surface area (Å²) in [6.07, 6.45) is 59.6. The maximum atomic E-state index is 10.2. The Balaban J connectivity index is -0.000000396. The van der Waals surface area contributed by atoms with E-state index in [2.05, 4.69) is 20.8 Å². The van der Waals surface area contributed by atoms with E-state index in [1.165, 1.54) is 250 Å². The molecule has 0 aromatic carbocycles. The summed E-state index contributed by atoms with van der Waals surface area (Å²) in [6, 6.07) is 0. The van der Waals surface area contributed by atoms with Gasteiger partial charge < -0.3 is 29.7 Å². The monoisotopic (exact) mass is 905 g/mol. The van der Waals surface area contributed by atoms with Gasteiger partial charge in [0, 0.05) is 17.9 Å². The van der Waals surface area contributed by atoms with Crippen molar-refractivity contribution in [1.29, 1.82) is 0 Å². The number of hydrogen-bond acceptors (Lipinski definition) is 6. The molecule has 364 valence electrons. The number of carbonyl (C=O) groups is 3. The van der Waals surface area contributed by atoms with Crippen LogP contribution in [0.25, 0.3) is 0 Å². The molecule has 0 rings (SSSR count). The zero-order chi connectivity index (χ0) is 44.7. The van der Waals surface area contributed by atoms with Gasteiger partial charge in [0.25, 0.3) is 0 Å². The molecule has 6 nitrogen and oxygen atoms in total. The largest absolute Gasteiger partial charge is 3.00 e. The number of carboxylic acids is 3. The third-order valence-corrected chi connectivity index (χ3v) is 12.0. The van der Waals surface area contributed by atoms with Crippen LogP contribution < -0.4 is 15.3 Å². The minimum atomic E-state index is -0.903. The molecule has 0 aliphatic heterocycles. The van der Waals surface area contributed by atoms with E-state index in [0.29, 0.717) is 0 Å². The second-order valence-electron chi connectivity index (χ2n) is 18.2. The standard InChI is InChI=1S/3C18H36O2.Mn/c3*1-2-3-4-5-6-7-8-9-10-11-12-13-14-15-16-17-18(19)20;/h3*2-17H2,1H3,(H,19,20);/q;;;+3/p-3. The van der Waals surface area contributed by atoms with Crippen molar-refractivity contribution < 1.29 is 46.8 Å². The first-order chi connectivity index (χ1) is 29.3. The Kier molecular flexibility index (Phi) is 69.0. The molecule has 0 atom stereocenters. The number of unbranched alkanes of at least 4 members (excludes halogenated alkanes) is 42. The number of carboxylic acid groups (broad SMARTS) is 3. The third kappa shape index (κ3) is 76.6. The first-order valence-corrected chi connectivity index (χ1v) is 26.9. The molecule has 7 heteroatoms. The number of aliphatic carboxylic acids is 3. The summed E-state index contributed by atoms with van der Waals surface area (Å²) < 4.78 is 0. The van der Waals surface area contributed by atoms with Crippen LogP contribution in [0, 0.1) is 0 Å². The van der Waals surface area contributed by atoms with Crippen molar-refractivity contribution in [3.05, 3.63) is 0 Å². The predicted molar refractivity (Wildman–Crippen MR) is 254 cm³/mol. The van der Waals surface area contributed by atoms with E-state index < -0.39 is 17.9 Å². The van der Waals surface area contributed by atoms with Crippen LogP contribution in [-0.2, 0) is 31.5 Å². The molecule has 0 radical (unpaired) electrons. The molecule has 0 bridgehead atoms. The molecule has 0 N–H and O–H groups in total. The maximum Gasteiger partial charge on any atom is 3.00 e. The zero-order valence-electron chi connectivity index (χ0n) is 41.3. The van der Waals surface area contributed by atoms with E-state index >= 15 is 0 Å². The molecule has 0 aliphatic rings. The van der Waals surface area contributed by atoms with Crippen LogP contribution in [0.5, 0.6) is 0 Å². The number of carbonyl (C=O) groups excluding carboxylic acids is 3. The first kappa shape index (κ1) is 66.5. The topological polar surface area (TPSA) is 120 Å². The van der Waals surface area contributed by atoms with Gasteiger partial charge in [0.15, 0.2) is 0 Å². The van der Waals surface area contributed by atoms with Crippen molar-refractivity contribution in [3.63, 3.8) is 0 Å². The first-order valence-electron chi connectivity index (χ1n) is 26.9. The van der Waals surface area contributed by atoms with E-state index in [0.717, 1.165) is 38.5 Å². The Labute approximate surface area is 392 Å². The van der Waals surface area contributed by atoms with E-state index in [-0.39, 0.29) is 36.3 Å². The Bertz CT molecular complexity index is 717. The summed E-state index contributed by atoms with van der Waals surface area (Å²) in [5.41, 5.74) is 0. The van der Waals surface area contributed by atoms with Crippen LogP contribution in [0.3, 0.4) is 0 Å². The summed E-state index contributed by atoms with van der Waals surface area (Å²) in [6.45, 7) is 6.80. The zero-order valence-corrected chi connectivity index (χ0v) is 42.4. The minimum absolute atomic E-state index is 0. The summed E-state index contributed by atoms with van der Waals surface area (Å²) >= 11 is 0. The average molecular weight is 905 g/mol. The third-order valence-electron chi connectivity index (χ3n) is 12.0. The summed E-state index contributed by atoms with van der Waals surface area (Å²) in [5.74, 6) is -2.71. The van der Waals surface area contributed by atoms with Crippen molar-refractivity contribution >= 4 is 17.9 Å². The normalized spacial score (nSPS) is 10.7. The predicted octanol–water partition coefficient (Wildman–Crippen LogP) is 15.0. The van der Waals surface area contributed by atoms with Gasteiger partial charge >= 0.3 is 17.1 Å². The van der Waals surface area contributed by atoms with Crippen molar-refractivity contribution in [2.45, 2.75) is 329 Å². The van der Waals surface area contributed by atoms with Gasteiger partial charge in [0.05, 0.1) is 0 Å². The van der Waals surface area contributed by atoms with E-state index in [4.69, 9.17) is 0 Å². The van der Waals surface area contributed by atoms with E-state index in [9.17, 15) is 29.7 Å². The molecule has 0 aromatic heterocycles. The van der Waals surface area contributed by atoms with Crippen LogP contribution in [0.1, 0.15) is 329 Å². The van der Waals surface area contributed by atoms with E-state index in [1.807, 2.05) is 0 Å². The Morgan fingerprint density at radius 3 is 0.410 bits per heavy atom. The quantitative estimate of drug-likeness (QED) is 0.0443.